The number of aromatic hydroxyl groups is 1. The zero-order valence-electron chi connectivity index (χ0n) is 14.4. The second kappa shape index (κ2) is 6.68. The largest absolute Gasteiger partial charge is 0.508 e. The Kier molecular flexibility index (Phi) is 4.19. The zero-order chi connectivity index (χ0) is 19.0. The van der Waals surface area contributed by atoms with E-state index in [-0.39, 0.29) is 24.5 Å². The molecule has 3 aromatic rings. The van der Waals surface area contributed by atoms with Gasteiger partial charge in [-0.05, 0) is 31.2 Å². The normalized spacial score (nSPS) is 15.5. The summed E-state index contributed by atoms with van der Waals surface area (Å²) in [6.07, 6.45) is -0.892. The minimum atomic E-state index is -0.892. The summed E-state index contributed by atoms with van der Waals surface area (Å²) in [5.41, 5.74) is 0.598. The number of ether oxygens (including phenoxy) is 3. The molecule has 7 heteroatoms. The zero-order valence-corrected chi connectivity index (χ0v) is 14.4. The van der Waals surface area contributed by atoms with E-state index in [1.54, 1.807) is 31.2 Å². The molecular formula is C20H16O7. The van der Waals surface area contributed by atoms with Crippen molar-refractivity contribution < 1.29 is 28.5 Å². The number of esters is 1. The topological polar surface area (TPSA) is 95.2 Å². The second-order valence-electron chi connectivity index (χ2n) is 6.15. The van der Waals surface area contributed by atoms with Crippen LogP contribution in [-0.4, -0.2) is 23.8 Å². The monoisotopic (exact) mass is 368 g/mol. The summed E-state index contributed by atoms with van der Waals surface area (Å²) in [6.45, 7) is 1.55. The van der Waals surface area contributed by atoms with E-state index in [1.165, 1.54) is 12.1 Å². The van der Waals surface area contributed by atoms with Crippen LogP contribution in [0.1, 0.15) is 11.1 Å². The molecule has 0 saturated carbocycles. The quantitative estimate of drug-likeness (QED) is 0.561. The molecule has 0 radical (unpaired) electrons. The van der Waals surface area contributed by atoms with Crippen molar-refractivity contribution in [1.82, 2.24) is 0 Å². The molecule has 7 nitrogen and oxygen atoms in total. The standard InChI is InChI=1S/C20H16O7/c1-11-14(21)7-6-13-12(8-18(22)27-19(11)13)9-25-20(23)17-10-24-15-4-2-3-5-16(15)26-17/h2-8,17,21H,9-10H2,1H3. The Bertz CT molecular complexity index is 1080. The van der Waals surface area contributed by atoms with E-state index in [9.17, 15) is 14.7 Å². The molecule has 138 valence electrons. The van der Waals surface area contributed by atoms with Crippen LogP contribution in [0.5, 0.6) is 17.2 Å². The Morgan fingerprint density at radius 2 is 2.00 bits per heavy atom. The molecule has 1 aliphatic rings. The summed E-state index contributed by atoms with van der Waals surface area (Å²) < 4.78 is 21.6. The first-order valence-corrected chi connectivity index (χ1v) is 8.33. The van der Waals surface area contributed by atoms with Gasteiger partial charge in [0.25, 0.3) is 0 Å². The number of aryl methyl sites for hydroxylation is 1. The SMILES string of the molecule is Cc1c(O)ccc2c(COC(=O)C3COc4ccccc4O3)cc(=O)oc12. The number of carbonyl (C=O) groups is 1. The smallest absolute Gasteiger partial charge is 0.351 e. The first-order chi connectivity index (χ1) is 13.0. The maximum Gasteiger partial charge on any atom is 0.351 e. The van der Waals surface area contributed by atoms with Crippen LogP contribution >= 0.6 is 0 Å². The van der Waals surface area contributed by atoms with Gasteiger partial charge in [0.05, 0.1) is 0 Å². The third kappa shape index (κ3) is 3.19. The van der Waals surface area contributed by atoms with Gasteiger partial charge in [-0.1, -0.05) is 12.1 Å². The van der Waals surface area contributed by atoms with E-state index in [2.05, 4.69) is 0 Å². The fourth-order valence-electron chi connectivity index (χ4n) is 2.91. The van der Waals surface area contributed by atoms with Crippen molar-refractivity contribution in [2.75, 3.05) is 6.61 Å². The fraction of sp³-hybridized carbons (Fsp3) is 0.200. The average molecular weight is 368 g/mol. The third-order valence-corrected chi connectivity index (χ3v) is 4.36. The summed E-state index contributed by atoms with van der Waals surface area (Å²) in [5.74, 6) is 0.471. The molecule has 0 fully saturated rings. The molecule has 0 amide bonds. The molecule has 2 heterocycles. The molecule has 0 saturated heterocycles. The molecule has 1 aromatic heterocycles. The average Bonchev–Trinajstić information content (AvgIpc) is 2.68. The van der Waals surface area contributed by atoms with E-state index in [0.29, 0.717) is 28.0 Å². The van der Waals surface area contributed by atoms with Crippen LogP contribution in [0.25, 0.3) is 11.0 Å². The van der Waals surface area contributed by atoms with Crippen LogP contribution in [0, 0.1) is 6.92 Å². The molecule has 0 aliphatic carbocycles. The molecule has 1 unspecified atom stereocenters. The summed E-state index contributed by atoms with van der Waals surface area (Å²) in [5, 5.41) is 10.4. The van der Waals surface area contributed by atoms with Gasteiger partial charge in [-0.15, -0.1) is 0 Å². The van der Waals surface area contributed by atoms with Gasteiger partial charge in [-0.2, -0.15) is 0 Å². The highest BCUT2D eigenvalue weighted by Gasteiger charge is 2.28. The lowest BCUT2D eigenvalue weighted by molar-refractivity contribution is -0.155. The van der Waals surface area contributed by atoms with E-state index in [0.717, 1.165) is 0 Å². The van der Waals surface area contributed by atoms with Gasteiger partial charge in [0.15, 0.2) is 11.5 Å². The maximum absolute atomic E-state index is 12.4. The molecule has 0 bridgehead atoms. The van der Waals surface area contributed by atoms with Crippen LogP contribution in [-0.2, 0) is 16.1 Å². The van der Waals surface area contributed by atoms with Crippen molar-refractivity contribution in [3.8, 4) is 17.2 Å². The van der Waals surface area contributed by atoms with Gasteiger partial charge in [-0.25, -0.2) is 9.59 Å². The first-order valence-electron chi connectivity index (χ1n) is 8.33. The molecule has 1 aliphatic heterocycles. The highest BCUT2D eigenvalue weighted by molar-refractivity contribution is 5.85. The lowest BCUT2D eigenvalue weighted by atomic mass is 10.1. The van der Waals surface area contributed by atoms with Gasteiger partial charge in [-0.3, -0.25) is 0 Å². The summed E-state index contributed by atoms with van der Waals surface area (Å²) in [7, 11) is 0. The van der Waals surface area contributed by atoms with Crippen LogP contribution in [0.4, 0.5) is 0 Å². The number of benzene rings is 2. The van der Waals surface area contributed by atoms with Crippen molar-refractivity contribution in [2.45, 2.75) is 19.6 Å². The van der Waals surface area contributed by atoms with Crippen LogP contribution in [0.2, 0.25) is 0 Å². The van der Waals surface area contributed by atoms with Crippen LogP contribution < -0.4 is 15.1 Å². The molecule has 0 spiro atoms. The van der Waals surface area contributed by atoms with Crippen LogP contribution in [0.3, 0.4) is 0 Å². The predicted molar refractivity (Wildman–Crippen MR) is 95.0 cm³/mol. The maximum atomic E-state index is 12.4. The molecule has 4 rings (SSSR count). The number of carbonyl (C=O) groups excluding carboxylic acids is 1. The summed E-state index contributed by atoms with van der Waals surface area (Å²) >= 11 is 0. The van der Waals surface area contributed by atoms with E-state index in [4.69, 9.17) is 18.6 Å². The lowest BCUT2D eigenvalue weighted by Gasteiger charge is -2.25. The van der Waals surface area contributed by atoms with Crippen molar-refractivity contribution in [1.29, 1.82) is 0 Å². The number of rotatable bonds is 3. The van der Waals surface area contributed by atoms with Crippen molar-refractivity contribution in [3.63, 3.8) is 0 Å². The molecule has 1 atom stereocenters. The van der Waals surface area contributed by atoms with Crippen LogP contribution in [0.15, 0.2) is 51.7 Å². The number of phenolic OH excluding ortho intramolecular Hbond substituents is 1. The third-order valence-electron chi connectivity index (χ3n) is 4.36. The predicted octanol–water partition coefficient (Wildman–Crippen LogP) is 2.69. The van der Waals surface area contributed by atoms with Gasteiger partial charge in [0.1, 0.15) is 24.5 Å². The number of hydrogen-bond acceptors (Lipinski definition) is 7. The molecule has 27 heavy (non-hydrogen) atoms. The Labute approximate surface area is 153 Å². The van der Waals surface area contributed by atoms with Crippen molar-refractivity contribution >= 4 is 16.9 Å². The fourth-order valence-corrected chi connectivity index (χ4v) is 2.91. The second-order valence-corrected chi connectivity index (χ2v) is 6.15. The molecule has 2 aromatic carbocycles. The Morgan fingerprint density at radius 3 is 2.81 bits per heavy atom. The number of fused-ring (bicyclic) bond motifs is 2. The van der Waals surface area contributed by atoms with Gasteiger partial charge in [0, 0.05) is 22.6 Å². The van der Waals surface area contributed by atoms with Gasteiger partial charge in [0.2, 0.25) is 6.10 Å². The van der Waals surface area contributed by atoms with Crippen molar-refractivity contribution in [3.05, 3.63) is 64.0 Å². The van der Waals surface area contributed by atoms with E-state index < -0.39 is 17.7 Å². The summed E-state index contributed by atoms with van der Waals surface area (Å²) in [6, 6.07) is 11.4. The molecule has 1 N–H and O–H groups in total. The Hall–Kier alpha value is -3.48. The van der Waals surface area contributed by atoms with Gasteiger partial charge < -0.3 is 23.7 Å². The highest BCUT2D eigenvalue weighted by atomic mass is 16.6. The lowest BCUT2D eigenvalue weighted by Crippen LogP contribution is -2.37. The number of hydrogen-bond donors (Lipinski definition) is 1. The molecular weight excluding hydrogens is 352 g/mol. The minimum Gasteiger partial charge on any atom is -0.508 e. The Balaban J connectivity index is 1.53. The van der Waals surface area contributed by atoms with Crippen molar-refractivity contribution in [2.24, 2.45) is 0 Å². The summed E-state index contributed by atoms with van der Waals surface area (Å²) in [4.78, 5) is 24.2. The first kappa shape index (κ1) is 17.0. The highest BCUT2D eigenvalue weighted by Crippen LogP contribution is 2.31. The Morgan fingerprint density at radius 1 is 1.22 bits per heavy atom. The minimum absolute atomic E-state index is 0.0196. The van der Waals surface area contributed by atoms with E-state index in [1.807, 2.05) is 6.07 Å². The van der Waals surface area contributed by atoms with Gasteiger partial charge >= 0.3 is 11.6 Å². The number of phenols is 1. The number of para-hydroxylation sites is 2. The van der Waals surface area contributed by atoms with E-state index >= 15 is 0 Å².